The first-order valence-electron chi connectivity index (χ1n) is 4.12. The van der Waals surface area contributed by atoms with E-state index in [1.165, 1.54) is 24.3 Å². The molecule has 14 heavy (non-hydrogen) atoms. The predicted octanol–water partition coefficient (Wildman–Crippen LogP) is 2.99. The highest BCUT2D eigenvalue weighted by atomic mass is 19.4. The van der Waals surface area contributed by atoms with Crippen LogP contribution in [0.3, 0.4) is 0 Å². The van der Waals surface area contributed by atoms with Gasteiger partial charge in [0.1, 0.15) is 6.29 Å². The fraction of sp³-hybridized carbons (Fsp3) is 0.300. The maximum absolute atomic E-state index is 11.8. The Balaban J connectivity index is 2.56. The van der Waals surface area contributed by atoms with Gasteiger partial charge in [0.05, 0.1) is 0 Å². The second kappa shape index (κ2) is 4.26. The van der Waals surface area contributed by atoms with Crippen LogP contribution in [0.2, 0.25) is 0 Å². The SMILES string of the molecule is O=Cc1ccc(CCC(F)(F)F)cc1. The lowest BCUT2D eigenvalue weighted by atomic mass is 10.1. The maximum Gasteiger partial charge on any atom is 0.389 e. The number of halogens is 3. The Kier molecular flexibility index (Phi) is 3.28. The van der Waals surface area contributed by atoms with E-state index in [0.717, 1.165) is 0 Å². The van der Waals surface area contributed by atoms with Gasteiger partial charge in [-0.3, -0.25) is 4.79 Å². The van der Waals surface area contributed by atoms with E-state index in [4.69, 9.17) is 0 Å². The lowest BCUT2D eigenvalue weighted by Gasteiger charge is -2.05. The van der Waals surface area contributed by atoms with Crippen molar-refractivity contribution in [3.05, 3.63) is 35.4 Å². The van der Waals surface area contributed by atoms with Gasteiger partial charge in [-0.05, 0) is 12.0 Å². The Morgan fingerprint density at radius 2 is 1.71 bits per heavy atom. The van der Waals surface area contributed by atoms with E-state index in [1.807, 2.05) is 0 Å². The normalized spacial score (nSPS) is 11.4. The third-order valence-corrected chi connectivity index (χ3v) is 1.81. The van der Waals surface area contributed by atoms with Crippen molar-refractivity contribution in [1.29, 1.82) is 0 Å². The van der Waals surface area contributed by atoms with Crippen molar-refractivity contribution in [2.45, 2.75) is 19.0 Å². The molecule has 1 nitrogen and oxygen atoms in total. The molecule has 76 valence electrons. The zero-order chi connectivity index (χ0) is 10.6. The molecular weight excluding hydrogens is 193 g/mol. The summed E-state index contributed by atoms with van der Waals surface area (Å²) in [6, 6.07) is 6.10. The highest BCUT2D eigenvalue weighted by Gasteiger charge is 2.26. The molecular formula is C10H9F3O. The summed E-state index contributed by atoms with van der Waals surface area (Å²) < 4.78 is 35.5. The molecule has 0 aliphatic carbocycles. The fourth-order valence-corrected chi connectivity index (χ4v) is 1.05. The number of aldehydes is 1. The number of alkyl halides is 3. The number of carbonyl (C=O) groups is 1. The summed E-state index contributed by atoms with van der Waals surface area (Å²) in [6.45, 7) is 0. The van der Waals surface area contributed by atoms with E-state index in [1.54, 1.807) is 0 Å². The highest BCUT2D eigenvalue weighted by Crippen LogP contribution is 2.21. The average molecular weight is 202 g/mol. The molecule has 0 amide bonds. The van der Waals surface area contributed by atoms with Crippen LogP contribution >= 0.6 is 0 Å². The smallest absolute Gasteiger partial charge is 0.298 e. The van der Waals surface area contributed by atoms with Gasteiger partial charge in [-0.1, -0.05) is 24.3 Å². The third-order valence-electron chi connectivity index (χ3n) is 1.81. The first-order chi connectivity index (χ1) is 6.51. The van der Waals surface area contributed by atoms with Crippen LogP contribution in [0.1, 0.15) is 22.3 Å². The maximum atomic E-state index is 11.8. The van der Waals surface area contributed by atoms with E-state index >= 15 is 0 Å². The molecule has 0 fully saturated rings. The Labute approximate surface area is 79.5 Å². The van der Waals surface area contributed by atoms with Crippen LogP contribution < -0.4 is 0 Å². The fourth-order valence-electron chi connectivity index (χ4n) is 1.05. The van der Waals surface area contributed by atoms with E-state index in [0.29, 0.717) is 17.4 Å². The quantitative estimate of drug-likeness (QED) is 0.688. The summed E-state index contributed by atoms with van der Waals surface area (Å²) in [6.07, 6.45) is -4.33. The lowest BCUT2D eigenvalue weighted by molar-refractivity contribution is -0.133. The summed E-state index contributed by atoms with van der Waals surface area (Å²) in [7, 11) is 0. The monoisotopic (exact) mass is 202 g/mol. The van der Waals surface area contributed by atoms with Crippen molar-refractivity contribution >= 4 is 6.29 Å². The highest BCUT2D eigenvalue weighted by molar-refractivity contribution is 5.74. The molecule has 0 radical (unpaired) electrons. The number of carbonyl (C=O) groups excluding carboxylic acids is 1. The molecule has 1 aromatic carbocycles. The average Bonchev–Trinajstić information content (AvgIpc) is 2.14. The molecule has 4 heteroatoms. The topological polar surface area (TPSA) is 17.1 Å². The number of hydrogen-bond donors (Lipinski definition) is 0. The van der Waals surface area contributed by atoms with E-state index in [9.17, 15) is 18.0 Å². The Morgan fingerprint density at radius 1 is 1.14 bits per heavy atom. The number of benzene rings is 1. The van der Waals surface area contributed by atoms with Crippen LogP contribution in [0, 0.1) is 0 Å². The summed E-state index contributed by atoms with van der Waals surface area (Å²) in [4.78, 5) is 10.3. The van der Waals surface area contributed by atoms with Crippen molar-refractivity contribution in [2.24, 2.45) is 0 Å². The molecule has 0 aliphatic rings. The van der Waals surface area contributed by atoms with E-state index in [2.05, 4.69) is 0 Å². The van der Waals surface area contributed by atoms with Crippen LogP contribution in [0.25, 0.3) is 0 Å². The van der Waals surface area contributed by atoms with Crippen molar-refractivity contribution in [3.63, 3.8) is 0 Å². The zero-order valence-electron chi connectivity index (χ0n) is 7.34. The molecule has 1 rings (SSSR count). The number of aryl methyl sites for hydroxylation is 1. The van der Waals surface area contributed by atoms with Crippen LogP contribution in [0.15, 0.2) is 24.3 Å². The molecule has 0 atom stereocenters. The minimum Gasteiger partial charge on any atom is -0.298 e. The molecule has 0 spiro atoms. The molecule has 0 aromatic heterocycles. The summed E-state index contributed by atoms with van der Waals surface area (Å²) >= 11 is 0. The van der Waals surface area contributed by atoms with E-state index in [-0.39, 0.29) is 6.42 Å². The van der Waals surface area contributed by atoms with Gasteiger partial charge in [0.2, 0.25) is 0 Å². The van der Waals surface area contributed by atoms with Gasteiger partial charge in [0.15, 0.2) is 0 Å². The van der Waals surface area contributed by atoms with Gasteiger partial charge in [-0.2, -0.15) is 13.2 Å². The van der Waals surface area contributed by atoms with Crippen LogP contribution in [-0.4, -0.2) is 12.5 Å². The molecule has 0 unspecified atom stereocenters. The minimum atomic E-state index is -4.12. The summed E-state index contributed by atoms with van der Waals surface area (Å²) in [5.74, 6) is 0. The second-order valence-electron chi connectivity index (χ2n) is 2.97. The van der Waals surface area contributed by atoms with Crippen LogP contribution in [-0.2, 0) is 6.42 Å². The largest absolute Gasteiger partial charge is 0.389 e. The second-order valence-corrected chi connectivity index (χ2v) is 2.97. The molecule has 0 aliphatic heterocycles. The van der Waals surface area contributed by atoms with Gasteiger partial charge in [-0.25, -0.2) is 0 Å². The van der Waals surface area contributed by atoms with Crippen LogP contribution in [0.5, 0.6) is 0 Å². The zero-order valence-corrected chi connectivity index (χ0v) is 7.34. The Morgan fingerprint density at radius 3 is 2.14 bits per heavy atom. The first kappa shape index (κ1) is 10.8. The van der Waals surface area contributed by atoms with Crippen molar-refractivity contribution in [2.75, 3.05) is 0 Å². The van der Waals surface area contributed by atoms with E-state index < -0.39 is 12.6 Å². The lowest BCUT2D eigenvalue weighted by Crippen LogP contribution is -2.08. The summed E-state index contributed by atoms with van der Waals surface area (Å²) in [5.41, 5.74) is 1.06. The molecule has 0 bridgehead atoms. The molecule has 0 N–H and O–H groups in total. The molecule has 0 heterocycles. The Hall–Kier alpha value is -1.32. The number of hydrogen-bond acceptors (Lipinski definition) is 1. The van der Waals surface area contributed by atoms with Gasteiger partial charge in [0.25, 0.3) is 0 Å². The standard InChI is InChI=1S/C10H9F3O/c11-10(12,13)6-5-8-1-3-9(7-14)4-2-8/h1-4,7H,5-6H2. The van der Waals surface area contributed by atoms with Gasteiger partial charge < -0.3 is 0 Å². The minimum absolute atomic E-state index is 0.0391. The van der Waals surface area contributed by atoms with Crippen LogP contribution in [0.4, 0.5) is 13.2 Å². The number of rotatable bonds is 3. The predicted molar refractivity (Wildman–Crippen MR) is 46.2 cm³/mol. The van der Waals surface area contributed by atoms with Crippen molar-refractivity contribution in [3.8, 4) is 0 Å². The summed E-state index contributed by atoms with van der Waals surface area (Å²) in [5, 5.41) is 0. The van der Waals surface area contributed by atoms with Gasteiger partial charge >= 0.3 is 6.18 Å². The van der Waals surface area contributed by atoms with Gasteiger partial charge in [0, 0.05) is 12.0 Å². The Bertz CT molecular complexity index is 300. The molecule has 1 aromatic rings. The molecule has 0 saturated heterocycles. The third kappa shape index (κ3) is 3.60. The van der Waals surface area contributed by atoms with Gasteiger partial charge in [-0.15, -0.1) is 0 Å². The van der Waals surface area contributed by atoms with Crippen molar-refractivity contribution in [1.82, 2.24) is 0 Å². The molecule has 0 saturated carbocycles. The van der Waals surface area contributed by atoms with Crippen molar-refractivity contribution < 1.29 is 18.0 Å². The first-order valence-corrected chi connectivity index (χ1v) is 4.12.